The van der Waals surface area contributed by atoms with E-state index in [1.54, 1.807) is 11.3 Å². The molecule has 2 aromatic rings. The van der Waals surface area contributed by atoms with Crippen LogP contribution in [0.1, 0.15) is 17.8 Å². The summed E-state index contributed by atoms with van der Waals surface area (Å²) in [6.07, 6.45) is 3.97. The maximum absolute atomic E-state index is 6.32. The minimum Gasteiger partial charge on any atom is -0.376 e. The molecule has 3 rings (SSSR count). The van der Waals surface area contributed by atoms with E-state index in [-0.39, 0.29) is 6.04 Å². The van der Waals surface area contributed by atoms with E-state index in [4.69, 9.17) is 11.6 Å². The smallest absolute Gasteiger partial charge is 0.0976 e. The fourth-order valence-electron chi connectivity index (χ4n) is 2.05. The third-order valence-corrected chi connectivity index (χ3v) is 5.66. The molecule has 1 nitrogen and oxygen atoms in total. The van der Waals surface area contributed by atoms with Crippen LogP contribution in [0.3, 0.4) is 0 Å². The number of rotatable bonds is 1. The highest BCUT2D eigenvalue weighted by Crippen LogP contribution is 2.42. The number of hydrogen-bond acceptors (Lipinski definition) is 2. The summed E-state index contributed by atoms with van der Waals surface area (Å²) < 4.78 is 2.42. The fraction of sp³-hybridized carbons (Fsp3) is 0.143. The highest BCUT2D eigenvalue weighted by Gasteiger charge is 2.23. The zero-order chi connectivity index (χ0) is 12.7. The van der Waals surface area contributed by atoms with Crippen molar-refractivity contribution in [2.45, 2.75) is 13.0 Å². The summed E-state index contributed by atoms with van der Waals surface area (Å²) in [5.41, 5.74) is 1.13. The maximum Gasteiger partial charge on any atom is 0.0976 e. The average molecular weight is 341 g/mol. The lowest BCUT2D eigenvalue weighted by atomic mass is 10.1. The Kier molecular flexibility index (Phi) is 3.22. The van der Waals surface area contributed by atoms with Crippen LogP contribution in [-0.4, -0.2) is 0 Å². The number of halogens is 2. The topological polar surface area (TPSA) is 12.0 Å². The largest absolute Gasteiger partial charge is 0.376 e. The number of dihydropyridines is 1. The van der Waals surface area contributed by atoms with Crippen molar-refractivity contribution in [3.8, 4) is 0 Å². The van der Waals surface area contributed by atoms with Crippen LogP contribution in [0.25, 0.3) is 10.1 Å². The van der Waals surface area contributed by atoms with Crippen molar-refractivity contribution in [1.29, 1.82) is 0 Å². The van der Waals surface area contributed by atoms with Gasteiger partial charge in [0.2, 0.25) is 0 Å². The third-order valence-electron chi connectivity index (χ3n) is 2.96. The first-order valence-electron chi connectivity index (χ1n) is 5.64. The molecular weight excluding hydrogens is 330 g/mol. The summed E-state index contributed by atoms with van der Waals surface area (Å²) in [7, 11) is 0. The molecule has 1 aliphatic rings. The SMILES string of the molecule is CC1=CC=C(Cl)C(c2sc3ccccc3c2Br)N1. The lowest BCUT2D eigenvalue weighted by Gasteiger charge is -2.22. The van der Waals surface area contributed by atoms with Crippen LogP contribution in [0.5, 0.6) is 0 Å². The lowest BCUT2D eigenvalue weighted by molar-refractivity contribution is 0.703. The normalized spacial score (nSPS) is 19.4. The Balaban J connectivity index is 2.13. The first-order valence-corrected chi connectivity index (χ1v) is 7.63. The highest BCUT2D eigenvalue weighted by molar-refractivity contribution is 9.10. The van der Waals surface area contributed by atoms with Crippen molar-refractivity contribution in [2.75, 3.05) is 0 Å². The van der Waals surface area contributed by atoms with Gasteiger partial charge in [-0.2, -0.15) is 0 Å². The molecule has 1 aromatic heterocycles. The van der Waals surface area contributed by atoms with E-state index in [2.05, 4.69) is 45.5 Å². The average Bonchev–Trinajstić information content (AvgIpc) is 2.71. The van der Waals surface area contributed by atoms with E-state index in [1.165, 1.54) is 15.0 Å². The molecule has 0 saturated heterocycles. The molecule has 18 heavy (non-hydrogen) atoms. The van der Waals surface area contributed by atoms with E-state index in [1.807, 2.05) is 19.1 Å². The van der Waals surface area contributed by atoms with E-state index >= 15 is 0 Å². The zero-order valence-electron chi connectivity index (χ0n) is 9.71. The van der Waals surface area contributed by atoms with Gasteiger partial charge in [0.1, 0.15) is 0 Å². The van der Waals surface area contributed by atoms with Crippen molar-refractivity contribution in [3.63, 3.8) is 0 Å². The summed E-state index contributed by atoms with van der Waals surface area (Å²) in [6, 6.07) is 8.44. The van der Waals surface area contributed by atoms with Crippen LogP contribution >= 0.6 is 38.9 Å². The molecule has 0 radical (unpaired) electrons. The highest BCUT2D eigenvalue weighted by atomic mass is 79.9. The number of thiophene rings is 1. The van der Waals surface area contributed by atoms with Gasteiger partial charge in [-0.3, -0.25) is 0 Å². The molecule has 0 amide bonds. The maximum atomic E-state index is 6.32. The second-order valence-electron chi connectivity index (χ2n) is 4.26. The van der Waals surface area contributed by atoms with Gasteiger partial charge in [-0.15, -0.1) is 11.3 Å². The quantitative estimate of drug-likeness (QED) is 0.739. The molecule has 0 bridgehead atoms. The Morgan fingerprint density at radius 3 is 2.83 bits per heavy atom. The molecule has 0 aliphatic carbocycles. The van der Waals surface area contributed by atoms with E-state index < -0.39 is 0 Å². The van der Waals surface area contributed by atoms with Gasteiger partial charge in [0, 0.05) is 30.2 Å². The molecule has 2 heterocycles. The summed E-state index contributed by atoms with van der Waals surface area (Å²) in [4.78, 5) is 1.23. The van der Waals surface area contributed by atoms with Crippen LogP contribution in [-0.2, 0) is 0 Å². The Hall–Kier alpha value is -0.770. The van der Waals surface area contributed by atoms with Gasteiger partial charge in [0.25, 0.3) is 0 Å². The molecule has 0 spiro atoms. The number of hydrogen-bond donors (Lipinski definition) is 1. The second-order valence-corrected chi connectivity index (χ2v) is 6.57. The fourth-order valence-corrected chi connectivity index (χ4v) is 4.46. The molecule has 0 fully saturated rings. The number of benzene rings is 1. The minimum absolute atomic E-state index is 0.0587. The summed E-state index contributed by atoms with van der Waals surface area (Å²) >= 11 is 11.8. The predicted octanol–water partition coefficient (Wildman–Crippen LogP) is 5.33. The molecule has 1 aromatic carbocycles. The summed E-state index contributed by atoms with van der Waals surface area (Å²) in [6.45, 7) is 2.05. The Labute approximate surface area is 123 Å². The Morgan fingerprint density at radius 2 is 2.06 bits per heavy atom. The van der Waals surface area contributed by atoms with Gasteiger partial charge in [-0.05, 0) is 41.1 Å². The predicted molar refractivity (Wildman–Crippen MR) is 83.1 cm³/mol. The molecule has 1 unspecified atom stereocenters. The first-order chi connectivity index (χ1) is 8.66. The second kappa shape index (κ2) is 4.72. The van der Waals surface area contributed by atoms with Gasteiger partial charge in [0.05, 0.1) is 6.04 Å². The van der Waals surface area contributed by atoms with Crippen molar-refractivity contribution >= 4 is 49.0 Å². The molecule has 1 aliphatic heterocycles. The summed E-state index contributed by atoms with van der Waals surface area (Å²) in [5, 5.41) is 5.50. The van der Waals surface area contributed by atoms with Gasteiger partial charge in [-0.25, -0.2) is 0 Å². The van der Waals surface area contributed by atoms with Crippen molar-refractivity contribution in [2.24, 2.45) is 0 Å². The summed E-state index contributed by atoms with van der Waals surface area (Å²) in [5.74, 6) is 0. The van der Waals surface area contributed by atoms with Gasteiger partial charge in [0.15, 0.2) is 0 Å². The number of nitrogens with one attached hydrogen (secondary N) is 1. The molecule has 0 saturated carbocycles. The molecule has 92 valence electrons. The van der Waals surface area contributed by atoms with Crippen LogP contribution in [0.2, 0.25) is 0 Å². The Bertz CT molecular complexity index is 671. The number of fused-ring (bicyclic) bond motifs is 1. The van der Waals surface area contributed by atoms with E-state index in [9.17, 15) is 0 Å². The number of allylic oxidation sites excluding steroid dienone is 3. The van der Waals surface area contributed by atoms with Gasteiger partial charge < -0.3 is 5.32 Å². The standard InChI is InChI=1S/C14H11BrClNS/c1-8-6-7-10(16)13(17-8)14-12(15)9-4-2-3-5-11(9)18-14/h2-7,13,17H,1H3. The molecule has 4 heteroatoms. The van der Waals surface area contributed by atoms with Crippen LogP contribution in [0.15, 0.2) is 51.6 Å². The van der Waals surface area contributed by atoms with Gasteiger partial charge >= 0.3 is 0 Å². The van der Waals surface area contributed by atoms with Gasteiger partial charge in [-0.1, -0.05) is 29.8 Å². The minimum atomic E-state index is 0.0587. The van der Waals surface area contributed by atoms with Crippen molar-refractivity contribution < 1.29 is 0 Å². The van der Waals surface area contributed by atoms with E-state index in [0.29, 0.717) is 0 Å². The molecule has 1 N–H and O–H groups in total. The molecule has 1 atom stereocenters. The monoisotopic (exact) mass is 339 g/mol. The van der Waals surface area contributed by atoms with E-state index in [0.717, 1.165) is 15.2 Å². The third kappa shape index (κ3) is 2.00. The van der Waals surface area contributed by atoms with Crippen molar-refractivity contribution in [1.82, 2.24) is 5.32 Å². The van der Waals surface area contributed by atoms with Crippen LogP contribution in [0, 0.1) is 0 Å². The lowest BCUT2D eigenvalue weighted by Crippen LogP contribution is -2.21. The first kappa shape index (κ1) is 12.3. The van der Waals surface area contributed by atoms with Crippen LogP contribution < -0.4 is 5.32 Å². The zero-order valence-corrected chi connectivity index (χ0v) is 12.9. The van der Waals surface area contributed by atoms with Crippen LogP contribution in [0.4, 0.5) is 0 Å². The molecular formula is C14H11BrClNS. The van der Waals surface area contributed by atoms with Crippen molar-refractivity contribution in [3.05, 3.63) is 56.5 Å². The Morgan fingerprint density at radius 1 is 1.28 bits per heavy atom.